The van der Waals surface area contributed by atoms with Crippen molar-refractivity contribution in [3.63, 3.8) is 0 Å². The molecule has 5 fully saturated rings. The van der Waals surface area contributed by atoms with E-state index in [1.54, 1.807) is 14.2 Å². The number of hydrogen-bond donors (Lipinski definition) is 10. The first-order valence-electron chi connectivity index (χ1n) is 19.2. The Balaban J connectivity index is 1.08. The fourth-order valence-electron chi connectivity index (χ4n) is 9.17. The number of nitrogens with zero attached hydrogens (tertiary/aromatic N) is 4. The summed E-state index contributed by atoms with van der Waals surface area (Å²) < 4.78 is 11.8. The fourth-order valence-corrected chi connectivity index (χ4v) is 9.17. The Kier molecular flexibility index (Phi) is 18.0. The lowest BCUT2D eigenvalue weighted by molar-refractivity contribution is -0.263. The van der Waals surface area contributed by atoms with Crippen LogP contribution in [0.1, 0.15) is 77.0 Å². The van der Waals surface area contributed by atoms with E-state index in [2.05, 4.69) is 56.4 Å². The van der Waals surface area contributed by atoms with E-state index in [0.717, 1.165) is 64.2 Å². The molecule has 0 spiro atoms. The van der Waals surface area contributed by atoms with Gasteiger partial charge in [-0.25, -0.2) is 19.6 Å². The molecule has 10 N–H and O–H groups in total. The van der Waals surface area contributed by atoms with Crippen molar-refractivity contribution >= 4 is 0 Å². The van der Waals surface area contributed by atoms with Crippen LogP contribution in [0, 0.1) is 23.7 Å². The monoisotopic (exact) mass is 761 g/mol. The molecule has 4 aliphatic carbocycles. The van der Waals surface area contributed by atoms with Gasteiger partial charge in [-0.2, -0.15) is 20.5 Å². The molecule has 0 bridgehead atoms. The van der Waals surface area contributed by atoms with Gasteiger partial charge in [-0.15, -0.1) is 0 Å². The van der Waals surface area contributed by atoms with Gasteiger partial charge < -0.3 is 14.6 Å². The molecule has 20 nitrogen and oxygen atoms in total. The molecule has 4 saturated carbocycles. The molecule has 0 radical (unpaired) electrons. The third-order valence-electron chi connectivity index (χ3n) is 11.7. The van der Waals surface area contributed by atoms with Crippen molar-refractivity contribution in [2.75, 3.05) is 40.6 Å². The van der Waals surface area contributed by atoms with Gasteiger partial charge in [-0.1, -0.05) is 0 Å². The molecule has 5 aliphatic rings. The Morgan fingerprint density at radius 2 is 0.849 bits per heavy atom. The van der Waals surface area contributed by atoms with Gasteiger partial charge in [0.05, 0.1) is 62.8 Å². The van der Waals surface area contributed by atoms with E-state index < -0.39 is 18.9 Å². The van der Waals surface area contributed by atoms with Gasteiger partial charge in [0, 0.05) is 26.3 Å². The maximum absolute atomic E-state index is 10.7. The summed E-state index contributed by atoms with van der Waals surface area (Å²) in [5, 5.41) is 82.2. The summed E-state index contributed by atoms with van der Waals surface area (Å²) in [7, 11) is 3.40. The molecular formula is C33H63N9O11. The zero-order chi connectivity index (χ0) is 37.6. The summed E-state index contributed by atoms with van der Waals surface area (Å²) in [4.78, 5) is 17.6. The van der Waals surface area contributed by atoms with Gasteiger partial charge in [0.15, 0.2) is 6.35 Å². The van der Waals surface area contributed by atoms with Crippen LogP contribution >= 0.6 is 0 Å². The Hall–Kier alpha value is -1.44. The summed E-state index contributed by atoms with van der Waals surface area (Å²) in [6.07, 6.45) is 7.20. The number of hydrogen-bond acceptors (Lipinski definition) is 20. The Labute approximate surface area is 310 Å². The van der Waals surface area contributed by atoms with E-state index in [4.69, 9.17) is 40.7 Å². The molecule has 0 aromatic heterocycles. The van der Waals surface area contributed by atoms with Gasteiger partial charge in [0.25, 0.3) is 0 Å². The van der Waals surface area contributed by atoms with Crippen LogP contribution in [0.4, 0.5) is 0 Å². The van der Waals surface area contributed by atoms with Crippen molar-refractivity contribution in [3.05, 3.63) is 0 Å². The van der Waals surface area contributed by atoms with E-state index in [1.165, 1.54) is 0 Å². The van der Waals surface area contributed by atoms with E-state index >= 15 is 0 Å². The van der Waals surface area contributed by atoms with Crippen molar-refractivity contribution in [1.82, 2.24) is 26.6 Å². The second-order valence-corrected chi connectivity index (χ2v) is 15.6. The standard InChI is InChI=1S/C33H63N9O11/c1-48-29-13-23(39-41-25-9-19(15-50-44)7-20(10-25)16-51-45)3-5-27(29)34-31-36-32(38-33(43)37-31)35-28-6-4-24(14-30(28)49-2)40-42-26-11-21(17-52-46)8-22(12-26)18-53-47/h19-38,43-47H,3-18H2,1-2H3. The average Bonchev–Trinajstić information content (AvgIpc) is 3.14. The van der Waals surface area contributed by atoms with Crippen LogP contribution in [-0.4, -0.2) is 134 Å². The Bertz CT molecular complexity index is 997. The van der Waals surface area contributed by atoms with Gasteiger partial charge >= 0.3 is 0 Å². The number of aliphatic hydroxyl groups is 1. The van der Waals surface area contributed by atoms with Crippen LogP contribution in [0.5, 0.6) is 0 Å². The van der Waals surface area contributed by atoms with Crippen LogP contribution in [0.3, 0.4) is 0 Å². The molecule has 20 heteroatoms. The smallest absolute Gasteiger partial charge is 0.164 e. The normalized spacial score (nSPS) is 41.7. The zero-order valence-electron chi connectivity index (χ0n) is 30.9. The van der Waals surface area contributed by atoms with Gasteiger partial charge in [0.1, 0.15) is 12.6 Å². The highest BCUT2D eigenvalue weighted by molar-refractivity contribution is 4.94. The predicted molar refractivity (Wildman–Crippen MR) is 187 cm³/mol. The molecule has 0 amide bonds. The van der Waals surface area contributed by atoms with E-state index in [1.807, 2.05) is 0 Å². The van der Waals surface area contributed by atoms with Crippen LogP contribution in [0.2, 0.25) is 0 Å². The predicted octanol–water partition coefficient (Wildman–Crippen LogP) is 2.10. The summed E-state index contributed by atoms with van der Waals surface area (Å²) >= 11 is 0. The topological polar surface area (TPSA) is 266 Å². The molecular weight excluding hydrogens is 698 g/mol. The Morgan fingerprint density at radius 1 is 0.491 bits per heavy atom. The number of methoxy groups -OCH3 is 2. The average molecular weight is 762 g/mol. The molecule has 53 heavy (non-hydrogen) atoms. The number of aliphatic hydroxyl groups excluding tert-OH is 1. The number of rotatable bonds is 18. The molecule has 306 valence electrons. The maximum atomic E-state index is 10.7. The summed E-state index contributed by atoms with van der Waals surface area (Å²) in [6.45, 7) is 0.880. The van der Waals surface area contributed by atoms with Gasteiger partial charge in [-0.3, -0.25) is 47.6 Å². The molecule has 0 aromatic rings. The number of nitrogens with one attached hydrogen (secondary N) is 5. The van der Waals surface area contributed by atoms with Crippen LogP contribution in [0.15, 0.2) is 20.5 Å². The fraction of sp³-hybridized carbons (Fsp3) is 1.00. The highest BCUT2D eigenvalue weighted by atomic mass is 17.1. The maximum Gasteiger partial charge on any atom is 0.164 e. The molecule has 5 rings (SSSR count). The summed E-state index contributed by atoms with van der Waals surface area (Å²) in [5.74, 6) is 0.476. The van der Waals surface area contributed by atoms with Crippen LogP contribution in [0.25, 0.3) is 0 Å². The second kappa shape index (κ2) is 22.3. The number of azo groups is 2. The largest absolute Gasteiger partial charge is 0.380 e. The molecule has 0 aromatic carbocycles. The van der Waals surface area contributed by atoms with Crippen LogP contribution < -0.4 is 26.6 Å². The molecule has 12 unspecified atom stereocenters. The first-order valence-corrected chi connectivity index (χ1v) is 19.2. The zero-order valence-corrected chi connectivity index (χ0v) is 30.9. The minimum atomic E-state index is -0.963. The molecule has 1 aliphatic heterocycles. The first kappa shape index (κ1) is 42.7. The Morgan fingerprint density at radius 3 is 1.19 bits per heavy atom. The lowest BCUT2D eigenvalue weighted by Gasteiger charge is -2.44. The van der Waals surface area contributed by atoms with Crippen molar-refractivity contribution in [3.8, 4) is 0 Å². The van der Waals surface area contributed by atoms with Crippen LogP contribution in [-0.2, 0) is 29.0 Å². The van der Waals surface area contributed by atoms with Crippen molar-refractivity contribution < 1.29 is 55.2 Å². The summed E-state index contributed by atoms with van der Waals surface area (Å²) in [5.41, 5.74) is 0. The lowest BCUT2D eigenvalue weighted by Crippen LogP contribution is -2.77. The minimum Gasteiger partial charge on any atom is -0.380 e. The SMILES string of the molecule is COC1CC(N=NC2CC(COO)CC(COO)C2)CCC1NC1NC(O)NC(NC2CCC(N=NC3CC(COO)CC(COO)C3)CC2OC)N1. The lowest BCUT2D eigenvalue weighted by atomic mass is 9.79. The second-order valence-electron chi connectivity index (χ2n) is 15.6. The highest BCUT2D eigenvalue weighted by Gasteiger charge is 2.38. The van der Waals surface area contributed by atoms with Gasteiger partial charge in [-0.05, 0) is 101 Å². The van der Waals surface area contributed by atoms with E-state index in [0.29, 0.717) is 12.8 Å². The van der Waals surface area contributed by atoms with E-state index in [9.17, 15) is 5.11 Å². The van der Waals surface area contributed by atoms with E-state index in [-0.39, 0.29) is 98.6 Å². The summed E-state index contributed by atoms with van der Waals surface area (Å²) in [6, 6.07) is -0.0388. The highest BCUT2D eigenvalue weighted by Crippen LogP contribution is 2.34. The van der Waals surface area contributed by atoms with Crippen molar-refractivity contribution in [1.29, 1.82) is 0 Å². The van der Waals surface area contributed by atoms with Crippen molar-refractivity contribution in [2.45, 2.75) is 144 Å². The first-order chi connectivity index (χ1) is 25.8. The van der Waals surface area contributed by atoms with Crippen molar-refractivity contribution in [2.24, 2.45) is 44.1 Å². The third-order valence-corrected chi connectivity index (χ3v) is 11.7. The minimum absolute atomic E-state index is 0.00354. The quantitative estimate of drug-likeness (QED) is 0.0544. The third kappa shape index (κ3) is 13.3. The van der Waals surface area contributed by atoms with Gasteiger partial charge in [0.2, 0.25) is 0 Å². The molecule has 1 heterocycles. The number of ether oxygens (including phenoxy) is 2. The molecule has 12 atom stereocenters. The molecule has 1 saturated heterocycles.